The Kier molecular flexibility index (Phi) is 7.07. The minimum Gasteiger partial charge on any atom is -0.507 e. The normalized spacial score (nSPS) is 20.0. The zero-order valence-electron chi connectivity index (χ0n) is 12.2. The van der Waals surface area contributed by atoms with Crippen molar-refractivity contribution in [3.63, 3.8) is 0 Å². The molecule has 1 aliphatic carbocycles. The second kappa shape index (κ2) is 8.08. The van der Waals surface area contributed by atoms with Gasteiger partial charge in [0.05, 0.1) is 7.11 Å². The van der Waals surface area contributed by atoms with E-state index in [-0.39, 0.29) is 24.8 Å². The quantitative estimate of drug-likeness (QED) is 0.888. The summed E-state index contributed by atoms with van der Waals surface area (Å²) in [5.74, 6) is 1.79. The first-order valence-corrected chi connectivity index (χ1v) is 7.11. The van der Waals surface area contributed by atoms with E-state index in [4.69, 9.17) is 4.74 Å². The number of hydrogen-bond acceptors (Lipinski definition) is 4. The lowest BCUT2D eigenvalue weighted by molar-refractivity contribution is 0.153. The van der Waals surface area contributed by atoms with Crippen molar-refractivity contribution in [1.82, 2.24) is 10.2 Å². The molecule has 0 unspecified atom stereocenters. The van der Waals surface area contributed by atoms with Crippen LogP contribution in [0, 0.1) is 5.92 Å². The summed E-state index contributed by atoms with van der Waals surface area (Å²) in [5, 5.41) is 13.7. The number of methoxy groups -OCH3 is 1. The smallest absolute Gasteiger partial charge is 0.124 e. The Labute approximate surface area is 138 Å². The second-order valence-corrected chi connectivity index (χ2v) is 5.49. The molecule has 1 saturated heterocycles. The fourth-order valence-corrected chi connectivity index (χ4v) is 3.02. The summed E-state index contributed by atoms with van der Waals surface area (Å²) < 4.78 is 5.17. The molecule has 1 aromatic rings. The van der Waals surface area contributed by atoms with Crippen LogP contribution in [0.4, 0.5) is 0 Å². The van der Waals surface area contributed by atoms with Crippen LogP contribution in [0.2, 0.25) is 0 Å². The van der Waals surface area contributed by atoms with E-state index in [1.54, 1.807) is 13.2 Å². The molecule has 3 rings (SSSR count). The fourth-order valence-electron chi connectivity index (χ4n) is 3.02. The van der Waals surface area contributed by atoms with E-state index in [1.165, 1.54) is 12.8 Å². The molecule has 1 aromatic carbocycles. The number of phenols is 1. The number of nitrogens with one attached hydrogen (secondary N) is 1. The number of ether oxygens (including phenoxy) is 1. The number of piperazine rings is 1. The Morgan fingerprint density at radius 2 is 1.90 bits per heavy atom. The van der Waals surface area contributed by atoms with Crippen LogP contribution in [0.5, 0.6) is 11.5 Å². The summed E-state index contributed by atoms with van der Waals surface area (Å²) in [6, 6.07) is 6.08. The van der Waals surface area contributed by atoms with Gasteiger partial charge in [0.2, 0.25) is 0 Å². The maximum Gasteiger partial charge on any atom is 0.124 e. The maximum atomic E-state index is 10.3. The third kappa shape index (κ3) is 4.16. The molecule has 2 aliphatic rings. The number of aromatic hydroxyl groups is 1. The number of hydrogen-bond donors (Lipinski definition) is 2. The van der Waals surface area contributed by atoms with Crippen LogP contribution in [0.1, 0.15) is 24.4 Å². The molecule has 0 bridgehead atoms. The summed E-state index contributed by atoms with van der Waals surface area (Å²) in [7, 11) is 1.63. The Balaban J connectivity index is 0.00000110. The highest BCUT2D eigenvalue weighted by atomic mass is 35.5. The molecule has 0 amide bonds. The molecule has 0 radical (unpaired) electrons. The average molecular weight is 335 g/mol. The van der Waals surface area contributed by atoms with E-state index in [0.717, 1.165) is 37.5 Å². The average Bonchev–Trinajstić information content (AvgIpc) is 3.27. The van der Waals surface area contributed by atoms with Gasteiger partial charge in [-0.15, -0.1) is 24.8 Å². The van der Waals surface area contributed by atoms with Gasteiger partial charge in [-0.1, -0.05) is 6.07 Å². The molecule has 120 valence electrons. The first kappa shape index (κ1) is 18.4. The summed E-state index contributed by atoms with van der Waals surface area (Å²) in [6.45, 7) is 4.21. The Hall–Kier alpha value is -0.680. The lowest BCUT2D eigenvalue weighted by Crippen LogP contribution is -2.45. The van der Waals surface area contributed by atoms with Gasteiger partial charge in [-0.3, -0.25) is 4.90 Å². The van der Waals surface area contributed by atoms with E-state index in [0.29, 0.717) is 17.7 Å². The molecule has 1 aliphatic heterocycles. The summed E-state index contributed by atoms with van der Waals surface area (Å²) >= 11 is 0. The van der Waals surface area contributed by atoms with Crippen LogP contribution < -0.4 is 10.1 Å². The number of nitrogens with zero attached hydrogens (tertiary/aromatic N) is 1. The molecule has 2 N–H and O–H groups in total. The number of halogens is 2. The molecule has 21 heavy (non-hydrogen) atoms. The highest BCUT2D eigenvalue weighted by molar-refractivity contribution is 5.85. The number of benzene rings is 1. The van der Waals surface area contributed by atoms with Gasteiger partial charge in [0, 0.05) is 43.9 Å². The molecule has 0 aromatic heterocycles. The zero-order chi connectivity index (χ0) is 13.2. The summed E-state index contributed by atoms with van der Waals surface area (Å²) in [6.07, 6.45) is 2.56. The SMILES string of the molecule is COc1ccc([C@@H](C2CC2)N2CCNCC2)c(O)c1.Cl.Cl. The molecule has 2 fully saturated rings. The molecule has 1 saturated carbocycles. The van der Waals surface area contributed by atoms with Gasteiger partial charge < -0.3 is 15.2 Å². The van der Waals surface area contributed by atoms with Gasteiger partial charge in [-0.25, -0.2) is 0 Å². The van der Waals surface area contributed by atoms with Crippen LogP contribution in [0.15, 0.2) is 18.2 Å². The minimum atomic E-state index is 0. The van der Waals surface area contributed by atoms with E-state index in [1.807, 2.05) is 12.1 Å². The first-order chi connectivity index (χ1) is 9.29. The van der Waals surface area contributed by atoms with Crippen molar-refractivity contribution in [2.45, 2.75) is 18.9 Å². The highest BCUT2D eigenvalue weighted by Crippen LogP contribution is 2.47. The van der Waals surface area contributed by atoms with Gasteiger partial charge in [0.25, 0.3) is 0 Å². The highest BCUT2D eigenvalue weighted by Gasteiger charge is 2.37. The molecule has 4 nitrogen and oxygen atoms in total. The van der Waals surface area contributed by atoms with Crippen molar-refractivity contribution in [3.05, 3.63) is 23.8 Å². The van der Waals surface area contributed by atoms with Crippen molar-refractivity contribution < 1.29 is 9.84 Å². The van der Waals surface area contributed by atoms with E-state index >= 15 is 0 Å². The molecule has 1 atom stereocenters. The largest absolute Gasteiger partial charge is 0.507 e. The monoisotopic (exact) mass is 334 g/mol. The Morgan fingerprint density at radius 3 is 2.43 bits per heavy atom. The lowest BCUT2D eigenvalue weighted by atomic mass is 9.98. The van der Waals surface area contributed by atoms with Gasteiger partial charge >= 0.3 is 0 Å². The van der Waals surface area contributed by atoms with Crippen molar-refractivity contribution in [2.24, 2.45) is 5.92 Å². The Bertz CT molecular complexity index is 449. The Morgan fingerprint density at radius 1 is 1.24 bits per heavy atom. The minimum absolute atomic E-state index is 0. The second-order valence-electron chi connectivity index (χ2n) is 5.49. The topological polar surface area (TPSA) is 44.7 Å². The molecule has 0 spiro atoms. The fraction of sp³-hybridized carbons (Fsp3) is 0.600. The van der Waals surface area contributed by atoms with E-state index < -0.39 is 0 Å². The predicted molar refractivity (Wildman–Crippen MR) is 89.1 cm³/mol. The van der Waals surface area contributed by atoms with Crippen molar-refractivity contribution in [1.29, 1.82) is 0 Å². The molecule has 6 heteroatoms. The zero-order valence-corrected chi connectivity index (χ0v) is 13.9. The van der Waals surface area contributed by atoms with E-state index in [2.05, 4.69) is 10.2 Å². The van der Waals surface area contributed by atoms with Crippen LogP contribution in [0.25, 0.3) is 0 Å². The van der Waals surface area contributed by atoms with Gasteiger partial charge in [0.15, 0.2) is 0 Å². The number of phenolic OH excluding ortho intramolecular Hbond substituents is 1. The van der Waals surface area contributed by atoms with Gasteiger partial charge in [0.1, 0.15) is 11.5 Å². The van der Waals surface area contributed by atoms with E-state index in [9.17, 15) is 5.11 Å². The maximum absolute atomic E-state index is 10.3. The van der Waals surface area contributed by atoms with Gasteiger partial charge in [-0.2, -0.15) is 0 Å². The predicted octanol–water partition coefficient (Wildman–Crippen LogP) is 2.60. The van der Waals surface area contributed by atoms with Crippen molar-refractivity contribution >= 4 is 24.8 Å². The molecular weight excluding hydrogens is 311 g/mol. The standard InChI is InChI=1S/C15H22N2O2.2ClH/c1-19-12-4-5-13(14(18)10-12)15(11-2-3-11)17-8-6-16-7-9-17;;/h4-5,10-11,15-16,18H,2-3,6-9H2,1H3;2*1H/t15-;;/m1../s1. The van der Waals surface area contributed by atoms with Gasteiger partial charge in [-0.05, 0) is 24.8 Å². The van der Waals surface area contributed by atoms with Crippen LogP contribution in [0.3, 0.4) is 0 Å². The first-order valence-electron chi connectivity index (χ1n) is 7.11. The van der Waals surface area contributed by atoms with Crippen molar-refractivity contribution in [3.8, 4) is 11.5 Å². The lowest BCUT2D eigenvalue weighted by Gasteiger charge is -2.35. The van der Waals surface area contributed by atoms with Crippen LogP contribution in [-0.2, 0) is 0 Å². The third-order valence-electron chi connectivity index (χ3n) is 4.17. The number of rotatable bonds is 4. The summed E-state index contributed by atoms with van der Waals surface area (Å²) in [4.78, 5) is 2.51. The molecular formula is C15H24Cl2N2O2. The van der Waals surface area contributed by atoms with Crippen LogP contribution in [-0.4, -0.2) is 43.3 Å². The molecule has 1 heterocycles. The third-order valence-corrected chi connectivity index (χ3v) is 4.17. The van der Waals surface area contributed by atoms with Crippen LogP contribution >= 0.6 is 24.8 Å². The summed E-state index contributed by atoms with van der Waals surface area (Å²) in [5.41, 5.74) is 1.06. The van der Waals surface area contributed by atoms with Crippen molar-refractivity contribution in [2.75, 3.05) is 33.3 Å².